The maximum atomic E-state index is 6.68. The normalized spacial score (nSPS) is 16.8. The summed E-state index contributed by atoms with van der Waals surface area (Å²) in [7, 11) is 2.15. The number of aryl methyl sites for hydroxylation is 1. The molecule has 3 aromatic heterocycles. The van der Waals surface area contributed by atoms with Crippen molar-refractivity contribution in [2.75, 3.05) is 0 Å². The number of hydrogen-bond donors (Lipinski definition) is 0. The molecular weight excluding hydrogens is 796 g/mol. The molecule has 2 atom stereocenters. The molecule has 8 rings (SSSR count). The predicted molar refractivity (Wildman–Crippen MR) is 200 cm³/mol. The Morgan fingerprint density at radius 1 is 0.760 bits per heavy atom. The molecule has 1 aliphatic rings. The van der Waals surface area contributed by atoms with E-state index in [-0.39, 0.29) is 16.9 Å². The zero-order chi connectivity index (χ0) is 35.1. The predicted octanol–water partition coefficient (Wildman–Crippen LogP) is 11.0. The van der Waals surface area contributed by atoms with Crippen LogP contribution in [0.1, 0.15) is 95.5 Å². The first-order valence-electron chi connectivity index (χ1n) is 17.6. The zero-order valence-electron chi connectivity index (χ0n) is 30.2. The van der Waals surface area contributed by atoms with Crippen LogP contribution in [0.4, 0.5) is 0 Å². The van der Waals surface area contributed by atoms with Gasteiger partial charge in [0.2, 0.25) is 0 Å². The number of aromatic nitrogens is 4. The average Bonchev–Trinajstić information content (AvgIpc) is 3.54. The number of imidazole rings is 1. The number of ether oxygens (including phenoxy) is 1. The van der Waals surface area contributed by atoms with Crippen LogP contribution in [0.25, 0.3) is 38.7 Å². The fraction of sp³-hybridized carbons (Fsp3) is 0.318. The molecule has 0 saturated heterocycles. The van der Waals surface area contributed by atoms with Gasteiger partial charge >= 0.3 is 202 Å². The van der Waals surface area contributed by atoms with Crippen molar-refractivity contribution in [1.82, 2.24) is 18.7 Å². The summed E-state index contributed by atoms with van der Waals surface area (Å²) in [6.07, 6.45) is 4.11. The minimum absolute atomic E-state index is 0.00605. The Balaban J connectivity index is 1.26. The molecule has 6 heteroatoms. The quantitative estimate of drug-likeness (QED) is 0.166. The molecule has 1 aliphatic carbocycles. The standard InChI is InChI=1S/C44H44N4O.Pt/c1-28-13-19-37(47-27-46(8)39-11-9-10-12-40(39)47)36-25-31(15-17-33(28)36)49-32-16-18-34-35-23-29(43(2,3)4)14-20-38(35)48(41(34)26-32)42-24-30(21-22-45-42)44(5,6)7;/h9-12,14-18,20-24,28,37H,13,19H2,1-8H3;/q-2;. The number of nitrogens with zero attached hydrogens (tertiary/aromatic N) is 4. The van der Waals surface area contributed by atoms with Gasteiger partial charge in [-0.05, 0) is 40.2 Å². The van der Waals surface area contributed by atoms with Gasteiger partial charge in [0.05, 0.1) is 0 Å². The topological polar surface area (TPSA) is 36.9 Å². The Labute approximate surface area is 306 Å². The molecule has 5 nitrogen and oxygen atoms in total. The first kappa shape index (κ1) is 33.0. The molecule has 3 heterocycles. The first-order chi connectivity index (χ1) is 23.8. The van der Waals surface area contributed by atoms with Gasteiger partial charge in [-0.2, -0.15) is 0 Å². The van der Waals surface area contributed by atoms with Crippen molar-refractivity contribution in [3.05, 3.63) is 123 Å². The SMILES string of the molecule is CC1CCC(n2[c](=[Pt])n(C)c3ccccc32)c2[c-]c(Oc3[c-]c4c(cc3)c3cc(C(C)(C)C)ccc3n4-c3cc(C(C)(C)C)ccn3)ccc21. The Bertz CT molecular complexity index is 2500. The van der Waals surface area contributed by atoms with Gasteiger partial charge in [-0.25, -0.2) is 4.98 Å². The van der Waals surface area contributed by atoms with Gasteiger partial charge < -0.3 is 0 Å². The van der Waals surface area contributed by atoms with Crippen LogP contribution in [-0.4, -0.2) is 18.7 Å². The molecule has 0 fully saturated rings. The Hall–Kier alpha value is -4.21. The summed E-state index contributed by atoms with van der Waals surface area (Å²) in [6.45, 7) is 15.8. The van der Waals surface area contributed by atoms with Crippen LogP contribution < -0.4 is 4.74 Å². The number of para-hydroxylation sites is 2. The van der Waals surface area contributed by atoms with E-state index in [1.54, 1.807) is 0 Å². The number of benzene rings is 4. The molecule has 0 radical (unpaired) electrons. The molecule has 4 aromatic carbocycles. The second-order valence-electron chi connectivity index (χ2n) is 16.0. The number of pyridine rings is 1. The Kier molecular flexibility index (Phi) is 7.87. The Morgan fingerprint density at radius 2 is 1.46 bits per heavy atom. The summed E-state index contributed by atoms with van der Waals surface area (Å²) in [5.74, 6) is 2.72. The molecule has 50 heavy (non-hydrogen) atoms. The fourth-order valence-corrected chi connectivity index (χ4v) is 8.53. The van der Waals surface area contributed by atoms with E-state index in [9.17, 15) is 0 Å². The number of hydrogen-bond acceptors (Lipinski definition) is 2. The van der Waals surface area contributed by atoms with E-state index in [2.05, 4.69) is 173 Å². The molecule has 258 valence electrons. The molecule has 0 spiro atoms. The van der Waals surface area contributed by atoms with E-state index in [4.69, 9.17) is 9.72 Å². The summed E-state index contributed by atoms with van der Waals surface area (Å²) < 4.78 is 14.9. The van der Waals surface area contributed by atoms with Gasteiger partial charge in [0.25, 0.3) is 0 Å². The summed E-state index contributed by atoms with van der Waals surface area (Å²) in [4.78, 5) is 4.89. The van der Waals surface area contributed by atoms with Crippen LogP contribution >= 0.6 is 0 Å². The van der Waals surface area contributed by atoms with Crippen LogP contribution in [0.15, 0.2) is 85.1 Å². The minimum atomic E-state index is -0.00605. The second kappa shape index (κ2) is 11.9. The van der Waals surface area contributed by atoms with Crippen molar-refractivity contribution in [3.63, 3.8) is 0 Å². The van der Waals surface area contributed by atoms with Crippen LogP contribution in [-0.2, 0) is 37.2 Å². The molecule has 0 bridgehead atoms. The average molecular weight is 840 g/mol. The van der Waals surface area contributed by atoms with Gasteiger partial charge in [0.15, 0.2) is 0 Å². The molecule has 7 aromatic rings. The van der Waals surface area contributed by atoms with Crippen LogP contribution in [0.2, 0.25) is 0 Å². The summed E-state index contributed by atoms with van der Waals surface area (Å²) >= 11 is 2.47. The van der Waals surface area contributed by atoms with Crippen molar-refractivity contribution in [2.45, 2.75) is 84.1 Å². The third-order valence-electron chi connectivity index (χ3n) is 10.6. The van der Waals surface area contributed by atoms with Crippen LogP contribution in [0.5, 0.6) is 11.5 Å². The molecule has 0 amide bonds. The third kappa shape index (κ3) is 5.49. The van der Waals surface area contributed by atoms with Gasteiger partial charge in [-0.1, -0.05) is 53.7 Å². The van der Waals surface area contributed by atoms with Gasteiger partial charge in [-0.15, -0.1) is 0 Å². The van der Waals surface area contributed by atoms with E-state index in [1.807, 2.05) is 12.3 Å². The van der Waals surface area contributed by atoms with Crippen LogP contribution in [0, 0.1) is 15.9 Å². The van der Waals surface area contributed by atoms with E-state index in [0.29, 0.717) is 17.4 Å². The summed E-state index contributed by atoms with van der Waals surface area (Å²) in [6, 6.07) is 36.0. The van der Waals surface area contributed by atoms with Crippen LogP contribution in [0.3, 0.4) is 0 Å². The van der Waals surface area contributed by atoms with Gasteiger partial charge in [0.1, 0.15) is 0 Å². The van der Waals surface area contributed by atoms with E-state index in [1.165, 1.54) is 42.5 Å². The summed E-state index contributed by atoms with van der Waals surface area (Å²) in [5.41, 5.74) is 9.67. The molecule has 0 N–H and O–H groups in total. The van der Waals surface area contributed by atoms with Gasteiger partial charge in [-0.3, -0.25) is 0 Å². The molecular formula is C44H44N4OPt-2. The van der Waals surface area contributed by atoms with Crippen molar-refractivity contribution in [2.24, 2.45) is 7.05 Å². The number of fused-ring (bicyclic) bond motifs is 5. The monoisotopic (exact) mass is 839 g/mol. The van der Waals surface area contributed by atoms with E-state index in [0.717, 1.165) is 35.1 Å². The van der Waals surface area contributed by atoms with E-state index < -0.39 is 0 Å². The van der Waals surface area contributed by atoms with Crippen molar-refractivity contribution < 1.29 is 24.1 Å². The van der Waals surface area contributed by atoms with Gasteiger partial charge in [0, 0.05) is 6.20 Å². The summed E-state index contributed by atoms with van der Waals surface area (Å²) in [5, 5.41) is 2.32. The number of rotatable bonds is 4. The van der Waals surface area contributed by atoms with E-state index >= 15 is 0 Å². The first-order valence-corrected chi connectivity index (χ1v) is 18.8. The molecule has 2 unspecified atom stereocenters. The van der Waals surface area contributed by atoms with Crippen molar-refractivity contribution >= 4 is 32.8 Å². The molecule has 0 saturated carbocycles. The maximum absolute atomic E-state index is 6.68. The van der Waals surface area contributed by atoms with Crippen molar-refractivity contribution in [1.29, 1.82) is 0 Å². The third-order valence-corrected chi connectivity index (χ3v) is 11.9. The fourth-order valence-electron chi connectivity index (χ4n) is 7.63. The zero-order valence-corrected chi connectivity index (χ0v) is 32.4. The second-order valence-corrected chi connectivity index (χ2v) is 17.0. The Morgan fingerprint density at radius 3 is 2.22 bits per heavy atom. The van der Waals surface area contributed by atoms with Crippen molar-refractivity contribution in [3.8, 4) is 17.3 Å². The molecule has 0 aliphatic heterocycles.